The van der Waals surface area contributed by atoms with Gasteiger partial charge in [0.1, 0.15) is 6.04 Å². The molecule has 0 unspecified atom stereocenters. The Morgan fingerprint density at radius 2 is 1.86 bits per heavy atom. The molecule has 0 bridgehead atoms. The average molecular weight is 311 g/mol. The number of benzene rings is 1. The van der Waals surface area contributed by atoms with Gasteiger partial charge in [-0.2, -0.15) is 0 Å². The van der Waals surface area contributed by atoms with Crippen molar-refractivity contribution in [3.8, 4) is 0 Å². The fraction of sp³-hybridized carbons (Fsp3) is 0.562. The molecule has 0 heterocycles. The minimum absolute atomic E-state index is 0.317. The van der Waals surface area contributed by atoms with Crippen molar-refractivity contribution in [2.45, 2.75) is 46.4 Å². The van der Waals surface area contributed by atoms with E-state index in [2.05, 4.69) is 4.72 Å². The van der Waals surface area contributed by atoms with Crippen molar-refractivity contribution in [3.63, 3.8) is 0 Å². The van der Waals surface area contributed by atoms with Gasteiger partial charge in [-0.1, -0.05) is 50.6 Å². The molecular formula is C16H25NO3S. The van der Waals surface area contributed by atoms with Crippen LogP contribution < -0.4 is 4.72 Å². The van der Waals surface area contributed by atoms with E-state index in [-0.39, 0.29) is 11.4 Å². The maximum Gasteiger partial charge on any atom is 0.324 e. The fourth-order valence-electron chi connectivity index (χ4n) is 1.81. The SMILES string of the molecule is CCOC(=O)[C@@H](N[S@@](=O)Cc1ccc(C)cc1)C(C)(C)C. The molecule has 0 aliphatic rings. The highest BCUT2D eigenvalue weighted by molar-refractivity contribution is 7.82. The van der Waals surface area contributed by atoms with Gasteiger partial charge in [-0.25, -0.2) is 8.93 Å². The van der Waals surface area contributed by atoms with E-state index in [9.17, 15) is 9.00 Å². The van der Waals surface area contributed by atoms with Crippen LogP contribution in [0.4, 0.5) is 0 Å². The van der Waals surface area contributed by atoms with Crippen molar-refractivity contribution in [1.82, 2.24) is 4.72 Å². The predicted molar refractivity (Wildman–Crippen MR) is 86.0 cm³/mol. The van der Waals surface area contributed by atoms with Crippen LogP contribution in [0.15, 0.2) is 24.3 Å². The lowest BCUT2D eigenvalue weighted by Crippen LogP contribution is -2.48. The van der Waals surface area contributed by atoms with Gasteiger partial charge in [0.25, 0.3) is 0 Å². The summed E-state index contributed by atoms with van der Waals surface area (Å²) in [4.78, 5) is 12.0. The van der Waals surface area contributed by atoms with Crippen molar-refractivity contribution in [2.24, 2.45) is 5.41 Å². The second-order valence-electron chi connectivity index (χ2n) is 6.14. The number of carbonyl (C=O) groups is 1. The Labute approximate surface area is 129 Å². The summed E-state index contributed by atoms with van der Waals surface area (Å²) >= 11 is 0. The number of nitrogens with one attached hydrogen (secondary N) is 1. The van der Waals surface area contributed by atoms with Crippen LogP contribution in [-0.2, 0) is 26.3 Å². The molecule has 0 saturated carbocycles. The number of rotatable bonds is 6. The van der Waals surface area contributed by atoms with Crippen molar-refractivity contribution in [2.75, 3.05) is 6.61 Å². The van der Waals surface area contributed by atoms with Crippen LogP contribution in [0.1, 0.15) is 38.8 Å². The topological polar surface area (TPSA) is 55.4 Å². The Bertz CT molecular complexity index is 491. The molecule has 0 aromatic heterocycles. The molecule has 1 aromatic carbocycles. The molecule has 0 saturated heterocycles. The predicted octanol–water partition coefficient (Wildman–Crippen LogP) is 2.73. The number of hydrogen-bond donors (Lipinski definition) is 1. The molecule has 2 atom stereocenters. The number of ether oxygens (including phenoxy) is 1. The Balaban J connectivity index is 2.72. The van der Waals surface area contributed by atoms with Gasteiger partial charge in [0, 0.05) is 0 Å². The van der Waals surface area contributed by atoms with Crippen LogP contribution in [0, 0.1) is 12.3 Å². The lowest BCUT2D eigenvalue weighted by Gasteiger charge is -2.29. The summed E-state index contributed by atoms with van der Waals surface area (Å²) in [5, 5.41) is 0. The zero-order valence-corrected chi connectivity index (χ0v) is 14.3. The van der Waals surface area contributed by atoms with Crippen LogP contribution in [0.3, 0.4) is 0 Å². The Morgan fingerprint density at radius 1 is 1.29 bits per heavy atom. The highest BCUT2D eigenvalue weighted by Crippen LogP contribution is 2.21. The van der Waals surface area contributed by atoms with Crippen LogP contribution in [-0.4, -0.2) is 22.8 Å². The third-order valence-electron chi connectivity index (χ3n) is 3.06. The number of hydrogen-bond acceptors (Lipinski definition) is 3. The summed E-state index contributed by atoms with van der Waals surface area (Å²) < 4.78 is 20.2. The molecule has 1 N–H and O–H groups in total. The first-order valence-electron chi connectivity index (χ1n) is 7.10. The minimum Gasteiger partial charge on any atom is -0.465 e. The zero-order valence-electron chi connectivity index (χ0n) is 13.4. The zero-order chi connectivity index (χ0) is 16.0. The van der Waals surface area contributed by atoms with E-state index < -0.39 is 17.0 Å². The molecule has 21 heavy (non-hydrogen) atoms. The largest absolute Gasteiger partial charge is 0.465 e. The molecule has 0 radical (unpaired) electrons. The van der Waals surface area contributed by atoms with E-state index in [4.69, 9.17) is 4.74 Å². The number of aryl methyl sites for hydroxylation is 1. The van der Waals surface area contributed by atoms with Gasteiger partial charge in [-0.3, -0.25) is 4.79 Å². The maximum atomic E-state index is 12.3. The molecule has 5 heteroatoms. The van der Waals surface area contributed by atoms with E-state index in [0.29, 0.717) is 12.4 Å². The molecule has 0 aliphatic carbocycles. The molecule has 0 amide bonds. The summed E-state index contributed by atoms with van der Waals surface area (Å²) in [6.07, 6.45) is 0. The highest BCUT2D eigenvalue weighted by atomic mass is 32.2. The quantitative estimate of drug-likeness (QED) is 0.822. The first-order valence-corrected chi connectivity index (χ1v) is 8.42. The van der Waals surface area contributed by atoms with Gasteiger partial charge in [0.05, 0.1) is 23.3 Å². The van der Waals surface area contributed by atoms with E-state index in [0.717, 1.165) is 11.1 Å². The Kier molecular flexibility index (Phi) is 6.55. The van der Waals surface area contributed by atoms with Gasteiger partial charge < -0.3 is 4.74 Å². The summed E-state index contributed by atoms with van der Waals surface area (Å²) in [5.74, 6) is 0.00830. The van der Waals surface area contributed by atoms with Crippen molar-refractivity contribution < 1.29 is 13.7 Å². The lowest BCUT2D eigenvalue weighted by molar-refractivity contribution is -0.147. The number of esters is 1. The van der Waals surface area contributed by atoms with Gasteiger partial charge in [-0.05, 0) is 24.8 Å². The van der Waals surface area contributed by atoms with Gasteiger partial charge in [0.2, 0.25) is 0 Å². The standard InChI is InChI=1S/C16H25NO3S/c1-6-20-15(18)14(16(3,4)5)17-21(19)11-13-9-7-12(2)8-10-13/h7-10,14,17H,6,11H2,1-5H3/t14-,21+/m1/s1. The second-order valence-corrected chi connectivity index (χ2v) is 7.36. The maximum absolute atomic E-state index is 12.3. The van der Waals surface area contributed by atoms with E-state index in [1.54, 1.807) is 6.92 Å². The molecule has 0 fully saturated rings. The number of carbonyl (C=O) groups excluding carboxylic acids is 1. The molecular weight excluding hydrogens is 286 g/mol. The molecule has 1 rings (SSSR count). The van der Waals surface area contributed by atoms with Gasteiger partial charge >= 0.3 is 5.97 Å². The van der Waals surface area contributed by atoms with Crippen LogP contribution in [0.25, 0.3) is 0 Å². The first-order chi connectivity index (χ1) is 9.74. The third-order valence-corrected chi connectivity index (χ3v) is 4.15. The van der Waals surface area contributed by atoms with Crippen LogP contribution >= 0.6 is 0 Å². The third kappa shape index (κ3) is 5.98. The van der Waals surface area contributed by atoms with Crippen molar-refractivity contribution in [3.05, 3.63) is 35.4 Å². The van der Waals surface area contributed by atoms with Gasteiger partial charge in [-0.15, -0.1) is 0 Å². The normalized spacial score (nSPS) is 14.5. The Morgan fingerprint density at radius 3 is 2.33 bits per heavy atom. The first kappa shape index (κ1) is 17.9. The Hall–Kier alpha value is -1.20. The summed E-state index contributed by atoms with van der Waals surface area (Å²) in [7, 11) is -1.33. The van der Waals surface area contributed by atoms with E-state index in [1.807, 2.05) is 52.0 Å². The van der Waals surface area contributed by atoms with Crippen molar-refractivity contribution in [1.29, 1.82) is 0 Å². The monoisotopic (exact) mass is 311 g/mol. The minimum atomic E-state index is -1.33. The van der Waals surface area contributed by atoms with Gasteiger partial charge in [0.15, 0.2) is 0 Å². The van der Waals surface area contributed by atoms with Crippen LogP contribution in [0.2, 0.25) is 0 Å². The highest BCUT2D eigenvalue weighted by Gasteiger charge is 2.33. The average Bonchev–Trinajstić information content (AvgIpc) is 2.37. The van der Waals surface area contributed by atoms with E-state index in [1.165, 1.54) is 0 Å². The summed E-state index contributed by atoms with van der Waals surface area (Å²) in [6.45, 7) is 9.86. The smallest absolute Gasteiger partial charge is 0.324 e. The lowest BCUT2D eigenvalue weighted by atomic mass is 9.87. The van der Waals surface area contributed by atoms with Crippen molar-refractivity contribution >= 4 is 17.0 Å². The second kappa shape index (κ2) is 7.71. The molecule has 4 nitrogen and oxygen atoms in total. The molecule has 118 valence electrons. The molecule has 0 spiro atoms. The summed E-state index contributed by atoms with van der Waals surface area (Å²) in [6, 6.07) is 7.28. The van der Waals surface area contributed by atoms with Crippen LogP contribution in [0.5, 0.6) is 0 Å². The molecule has 0 aliphatic heterocycles. The molecule has 1 aromatic rings. The summed E-state index contributed by atoms with van der Waals surface area (Å²) in [5.41, 5.74) is 1.77. The van der Waals surface area contributed by atoms with E-state index >= 15 is 0 Å². The fourth-order valence-corrected chi connectivity index (χ4v) is 3.10.